The lowest BCUT2D eigenvalue weighted by molar-refractivity contribution is -0.135. The lowest BCUT2D eigenvalue weighted by Gasteiger charge is -2.29. The first-order chi connectivity index (χ1) is 15.6. The molecule has 8 nitrogen and oxygen atoms in total. The highest BCUT2D eigenvalue weighted by atomic mass is 16.5. The van der Waals surface area contributed by atoms with Crippen LogP contribution in [0.15, 0.2) is 47.6 Å². The molecule has 1 atom stereocenters. The Morgan fingerprint density at radius 1 is 1.00 bits per heavy atom. The number of methoxy groups -OCH3 is 3. The fourth-order valence-corrected chi connectivity index (χ4v) is 4.14. The number of rotatable bonds is 7. The van der Waals surface area contributed by atoms with Crippen LogP contribution in [0.4, 0.5) is 0 Å². The molecule has 2 aliphatic heterocycles. The summed E-state index contributed by atoms with van der Waals surface area (Å²) in [5.74, 6) is 1.97. The largest absolute Gasteiger partial charge is 0.496 e. The zero-order chi connectivity index (χ0) is 22.5. The smallest absolute Gasteiger partial charge is 0.257 e. The monoisotopic (exact) mass is 439 g/mol. The van der Waals surface area contributed by atoms with Gasteiger partial charge in [-0.2, -0.15) is 5.10 Å². The van der Waals surface area contributed by atoms with E-state index in [1.165, 1.54) is 0 Å². The van der Waals surface area contributed by atoms with E-state index in [2.05, 4.69) is 4.90 Å². The van der Waals surface area contributed by atoms with Crippen molar-refractivity contribution >= 4 is 11.6 Å². The third-order valence-corrected chi connectivity index (χ3v) is 5.84. The summed E-state index contributed by atoms with van der Waals surface area (Å²) in [5, 5.41) is 6.39. The number of morpholine rings is 1. The van der Waals surface area contributed by atoms with Gasteiger partial charge in [0, 0.05) is 30.6 Å². The van der Waals surface area contributed by atoms with Crippen molar-refractivity contribution < 1.29 is 23.7 Å². The Bertz CT molecular complexity index is 987. The number of hydrazone groups is 1. The molecular weight excluding hydrogens is 410 g/mol. The molecular formula is C24H29N3O5. The van der Waals surface area contributed by atoms with Crippen molar-refractivity contribution in [3.63, 3.8) is 0 Å². The summed E-state index contributed by atoms with van der Waals surface area (Å²) in [7, 11) is 4.85. The van der Waals surface area contributed by atoms with Gasteiger partial charge >= 0.3 is 0 Å². The summed E-state index contributed by atoms with van der Waals surface area (Å²) in [6.07, 6.45) is 0.574. The van der Waals surface area contributed by atoms with E-state index in [0.29, 0.717) is 37.7 Å². The fraction of sp³-hybridized carbons (Fsp3) is 0.417. The number of ether oxygens (including phenoxy) is 4. The average molecular weight is 440 g/mol. The Balaban J connectivity index is 1.66. The van der Waals surface area contributed by atoms with E-state index in [4.69, 9.17) is 24.0 Å². The molecule has 0 aromatic heterocycles. The van der Waals surface area contributed by atoms with Gasteiger partial charge in [0.2, 0.25) is 0 Å². The van der Waals surface area contributed by atoms with Crippen LogP contribution in [-0.4, -0.2) is 75.7 Å². The van der Waals surface area contributed by atoms with Gasteiger partial charge in [-0.25, -0.2) is 5.01 Å². The first-order valence-electron chi connectivity index (χ1n) is 10.7. The predicted octanol–water partition coefficient (Wildman–Crippen LogP) is 2.72. The molecule has 1 amide bonds. The molecule has 2 heterocycles. The molecule has 0 bridgehead atoms. The minimum atomic E-state index is -0.247. The van der Waals surface area contributed by atoms with Crippen molar-refractivity contribution in [3.05, 3.63) is 53.6 Å². The van der Waals surface area contributed by atoms with Crippen LogP contribution in [0.2, 0.25) is 0 Å². The van der Waals surface area contributed by atoms with Crippen LogP contribution in [-0.2, 0) is 9.53 Å². The molecule has 2 aliphatic rings. The fourth-order valence-electron chi connectivity index (χ4n) is 4.14. The SMILES string of the molecule is COc1ccc(C2=NN(C(=O)CN3CCOCC3)C(c3ccccc3OC)C2)cc1OC. The number of hydrogen-bond acceptors (Lipinski definition) is 7. The second-order valence-electron chi connectivity index (χ2n) is 7.71. The summed E-state index contributed by atoms with van der Waals surface area (Å²) in [6.45, 7) is 3.07. The Morgan fingerprint density at radius 2 is 1.72 bits per heavy atom. The average Bonchev–Trinajstić information content (AvgIpc) is 3.29. The number of carbonyl (C=O) groups excluding carboxylic acids is 1. The third-order valence-electron chi connectivity index (χ3n) is 5.84. The van der Waals surface area contributed by atoms with E-state index in [-0.39, 0.29) is 11.9 Å². The summed E-state index contributed by atoms with van der Waals surface area (Å²) < 4.78 is 21.8. The van der Waals surface area contributed by atoms with Crippen molar-refractivity contribution in [2.75, 3.05) is 54.2 Å². The molecule has 4 rings (SSSR count). The van der Waals surface area contributed by atoms with Gasteiger partial charge in [-0.1, -0.05) is 18.2 Å². The van der Waals surface area contributed by atoms with Gasteiger partial charge in [0.05, 0.1) is 52.8 Å². The number of benzene rings is 2. The molecule has 0 saturated carbocycles. The normalized spacial score (nSPS) is 18.9. The highest BCUT2D eigenvalue weighted by Gasteiger charge is 2.35. The highest BCUT2D eigenvalue weighted by Crippen LogP contribution is 2.38. The van der Waals surface area contributed by atoms with Crippen molar-refractivity contribution in [1.82, 2.24) is 9.91 Å². The Kier molecular flexibility index (Phi) is 6.92. The van der Waals surface area contributed by atoms with Gasteiger partial charge in [-0.3, -0.25) is 9.69 Å². The standard InChI is InChI=1S/C24H29N3O5/c1-29-21-7-5-4-6-18(21)20-15-19(17-8-9-22(30-2)23(14-17)31-3)25-27(20)24(28)16-26-10-12-32-13-11-26/h4-9,14,20H,10-13,15-16H2,1-3H3. The van der Waals surface area contributed by atoms with Gasteiger partial charge in [-0.05, 0) is 24.3 Å². The van der Waals surface area contributed by atoms with Crippen molar-refractivity contribution in [2.24, 2.45) is 5.10 Å². The molecule has 1 unspecified atom stereocenters. The quantitative estimate of drug-likeness (QED) is 0.661. The second kappa shape index (κ2) is 10.0. The summed E-state index contributed by atoms with van der Waals surface area (Å²) in [5.41, 5.74) is 2.64. The van der Waals surface area contributed by atoms with Crippen molar-refractivity contribution in [3.8, 4) is 17.2 Å². The number of amides is 1. The van der Waals surface area contributed by atoms with E-state index in [1.807, 2.05) is 42.5 Å². The Hall–Kier alpha value is -3.10. The van der Waals surface area contributed by atoms with Crippen LogP contribution < -0.4 is 14.2 Å². The van der Waals surface area contributed by atoms with Gasteiger partial charge in [0.25, 0.3) is 5.91 Å². The minimum absolute atomic E-state index is 0.0433. The van der Waals surface area contributed by atoms with E-state index >= 15 is 0 Å². The van der Waals surface area contributed by atoms with E-state index < -0.39 is 0 Å². The molecule has 32 heavy (non-hydrogen) atoms. The predicted molar refractivity (Wildman–Crippen MR) is 121 cm³/mol. The molecule has 0 N–H and O–H groups in total. The summed E-state index contributed by atoms with van der Waals surface area (Å²) in [6, 6.07) is 13.2. The van der Waals surface area contributed by atoms with E-state index in [9.17, 15) is 4.79 Å². The molecule has 2 aromatic rings. The van der Waals surface area contributed by atoms with Crippen LogP contribution in [0, 0.1) is 0 Å². The van der Waals surface area contributed by atoms with Gasteiger partial charge in [0.1, 0.15) is 5.75 Å². The molecule has 1 fully saturated rings. The molecule has 0 spiro atoms. The molecule has 1 saturated heterocycles. The van der Waals surface area contributed by atoms with E-state index in [1.54, 1.807) is 26.3 Å². The van der Waals surface area contributed by atoms with Crippen molar-refractivity contribution in [1.29, 1.82) is 0 Å². The minimum Gasteiger partial charge on any atom is -0.496 e. The van der Waals surface area contributed by atoms with Crippen LogP contribution in [0.5, 0.6) is 17.2 Å². The topological polar surface area (TPSA) is 72.8 Å². The molecule has 170 valence electrons. The highest BCUT2D eigenvalue weighted by molar-refractivity contribution is 6.03. The maximum absolute atomic E-state index is 13.3. The lowest BCUT2D eigenvalue weighted by atomic mass is 9.97. The van der Waals surface area contributed by atoms with Crippen LogP contribution >= 0.6 is 0 Å². The van der Waals surface area contributed by atoms with Gasteiger partial charge in [-0.15, -0.1) is 0 Å². The second-order valence-corrected chi connectivity index (χ2v) is 7.71. The van der Waals surface area contributed by atoms with Gasteiger partial charge < -0.3 is 18.9 Å². The number of para-hydroxylation sites is 1. The number of carbonyl (C=O) groups is 1. The molecule has 8 heteroatoms. The zero-order valence-electron chi connectivity index (χ0n) is 18.7. The molecule has 0 aliphatic carbocycles. The molecule has 0 radical (unpaired) electrons. The summed E-state index contributed by atoms with van der Waals surface area (Å²) >= 11 is 0. The Labute approximate surface area is 188 Å². The number of hydrogen-bond donors (Lipinski definition) is 0. The summed E-state index contributed by atoms with van der Waals surface area (Å²) in [4.78, 5) is 15.5. The first kappa shape index (κ1) is 22.1. The lowest BCUT2D eigenvalue weighted by Crippen LogP contribution is -2.43. The third kappa shape index (κ3) is 4.56. The maximum Gasteiger partial charge on any atom is 0.257 e. The molecule has 2 aromatic carbocycles. The van der Waals surface area contributed by atoms with Crippen molar-refractivity contribution in [2.45, 2.75) is 12.5 Å². The Morgan fingerprint density at radius 3 is 2.44 bits per heavy atom. The zero-order valence-corrected chi connectivity index (χ0v) is 18.7. The first-order valence-corrected chi connectivity index (χ1v) is 10.7. The van der Waals surface area contributed by atoms with Crippen LogP contribution in [0.1, 0.15) is 23.6 Å². The maximum atomic E-state index is 13.3. The number of nitrogens with zero attached hydrogens (tertiary/aromatic N) is 3. The van der Waals surface area contributed by atoms with Crippen LogP contribution in [0.25, 0.3) is 0 Å². The van der Waals surface area contributed by atoms with E-state index in [0.717, 1.165) is 35.7 Å². The van der Waals surface area contributed by atoms with Gasteiger partial charge in [0.15, 0.2) is 11.5 Å². The van der Waals surface area contributed by atoms with Crippen LogP contribution in [0.3, 0.4) is 0 Å².